The van der Waals surface area contributed by atoms with Crippen molar-refractivity contribution in [3.63, 3.8) is 0 Å². The monoisotopic (exact) mass is 283 g/mol. The van der Waals surface area contributed by atoms with E-state index in [4.69, 9.17) is 4.74 Å². The van der Waals surface area contributed by atoms with Gasteiger partial charge in [-0.05, 0) is 24.7 Å². The SMILES string of the molecule is CCCN=C1CN(C)C(=O)N1c1nnc(OCC)s1. The van der Waals surface area contributed by atoms with Crippen LogP contribution in [0.15, 0.2) is 4.99 Å². The van der Waals surface area contributed by atoms with E-state index in [1.165, 1.54) is 16.2 Å². The third-order valence-corrected chi connectivity index (χ3v) is 3.35. The maximum Gasteiger partial charge on any atom is 0.332 e. The van der Waals surface area contributed by atoms with Crippen molar-refractivity contribution in [3.8, 4) is 5.19 Å². The maximum atomic E-state index is 12.1. The Bertz CT molecular complexity index is 487. The third-order valence-electron chi connectivity index (χ3n) is 2.53. The number of aliphatic imine (C=N–C) groups is 1. The molecule has 2 rings (SSSR count). The third kappa shape index (κ3) is 2.83. The van der Waals surface area contributed by atoms with Gasteiger partial charge in [0.15, 0.2) is 0 Å². The van der Waals surface area contributed by atoms with Crippen LogP contribution in [-0.4, -0.2) is 53.7 Å². The van der Waals surface area contributed by atoms with Crippen LogP contribution in [0.25, 0.3) is 0 Å². The van der Waals surface area contributed by atoms with Gasteiger partial charge in [0.1, 0.15) is 5.84 Å². The number of rotatable bonds is 5. The summed E-state index contributed by atoms with van der Waals surface area (Å²) in [6, 6.07) is -0.131. The van der Waals surface area contributed by atoms with Crippen molar-refractivity contribution in [2.75, 3.05) is 31.6 Å². The summed E-state index contributed by atoms with van der Waals surface area (Å²) in [6.45, 7) is 5.66. The molecular formula is C11H17N5O2S. The van der Waals surface area contributed by atoms with E-state index < -0.39 is 0 Å². The van der Waals surface area contributed by atoms with Crippen molar-refractivity contribution in [3.05, 3.63) is 0 Å². The first kappa shape index (κ1) is 13.7. The quantitative estimate of drug-likeness (QED) is 0.823. The van der Waals surface area contributed by atoms with Gasteiger partial charge in [0, 0.05) is 13.6 Å². The van der Waals surface area contributed by atoms with Gasteiger partial charge in [0.05, 0.1) is 13.2 Å². The van der Waals surface area contributed by atoms with Crippen molar-refractivity contribution in [1.82, 2.24) is 15.1 Å². The second-order valence-electron chi connectivity index (χ2n) is 4.06. The van der Waals surface area contributed by atoms with Gasteiger partial charge >= 0.3 is 6.03 Å². The molecule has 0 unspecified atom stereocenters. The molecule has 0 aromatic carbocycles. The average Bonchev–Trinajstić information content (AvgIpc) is 2.94. The number of urea groups is 1. The molecule has 1 aromatic rings. The van der Waals surface area contributed by atoms with Crippen LogP contribution in [0.1, 0.15) is 20.3 Å². The summed E-state index contributed by atoms with van der Waals surface area (Å²) < 4.78 is 5.28. The summed E-state index contributed by atoms with van der Waals surface area (Å²) in [5.41, 5.74) is 0. The zero-order chi connectivity index (χ0) is 13.8. The molecule has 1 saturated heterocycles. The van der Waals surface area contributed by atoms with Crippen LogP contribution in [0.2, 0.25) is 0 Å². The van der Waals surface area contributed by atoms with Gasteiger partial charge in [-0.2, -0.15) is 0 Å². The molecule has 2 heterocycles. The fourth-order valence-corrected chi connectivity index (χ4v) is 2.43. The standard InChI is InChI=1S/C11H17N5O2S/c1-4-6-12-8-7-15(3)11(17)16(8)9-13-14-10(19-9)18-5-2/h4-7H2,1-3H3. The summed E-state index contributed by atoms with van der Waals surface area (Å²) in [6.07, 6.45) is 0.940. The molecule has 0 aliphatic carbocycles. The maximum absolute atomic E-state index is 12.1. The Labute approximate surface area is 115 Å². The minimum Gasteiger partial charge on any atom is -0.469 e. The minimum atomic E-state index is -0.131. The molecule has 0 spiro atoms. The summed E-state index contributed by atoms with van der Waals surface area (Å²) in [7, 11) is 1.74. The number of carbonyl (C=O) groups excluding carboxylic acids is 1. The summed E-state index contributed by atoms with van der Waals surface area (Å²) in [4.78, 5) is 19.7. The Hall–Kier alpha value is -1.70. The van der Waals surface area contributed by atoms with Gasteiger partial charge in [-0.1, -0.05) is 12.0 Å². The molecule has 1 aliphatic rings. The highest BCUT2D eigenvalue weighted by atomic mass is 32.1. The van der Waals surface area contributed by atoms with Crippen LogP contribution in [0.4, 0.5) is 9.93 Å². The molecule has 0 bridgehead atoms. The molecule has 1 fully saturated rings. The van der Waals surface area contributed by atoms with Crippen molar-refractivity contribution in [2.24, 2.45) is 4.99 Å². The lowest BCUT2D eigenvalue weighted by Crippen LogP contribution is -2.31. The predicted octanol–water partition coefficient (Wildman–Crippen LogP) is 1.62. The fourth-order valence-electron chi connectivity index (χ4n) is 1.66. The van der Waals surface area contributed by atoms with Gasteiger partial charge in [-0.25, -0.2) is 9.69 Å². The number of ether oxygens (including phenoxy) is 1. The molecule has 0 saturated carbocycles. The lowest BCUT2D eigenvalue weighted by molar-refractivity contribution is 0.229. The van der Waals surface area contributed by atoms with Crippen LogP contribution in [0.5, 0.6) is 5.19 Å². The number of carbonyl (C=O) groups is 1. The van der Waals surface area contributed by atoms with Crippen LogP contribution >= 0.6 is 11.3 Å². The van der Waals surface area contributed by atoms with Crippen LogP contribution < -0.4 is 9.64 Å². The summed E-state index contributed by atoms with van der Waals surface area (Å²) >= 11 is 1.25. The molecule has 0 atom stereocenters. The van der Waals surface area contributed by atoms with E-state index >= 15 is 0 Å². The lowest BCUT2D eigenvalue weighted by atomic mass is 10.5. The zero-order valence-corrected chi connectivity index (χ0v) is 12.1. The number of hydrogen-bond acceptors (Lipinski definition) is 6. The minimum absolute atomic E-state index is 0.131. The van der Waals surface area contributed by atoms with Gasteiger partial charge in [-0.3, -0.25) is 4.99 Å². The normalized spacial score (nSPS) is 17.6. The highest BCUT2D eigenvalue weighted by Crippen LogP contribution is 2.29. The fraction of sp³-hybridized carbons (Fsp3) is 0.636. The van der Waals surface area contributed by atoms with Crippen LogP contribution in [-0.2, 0) is 0 Å². The largest absolute Gasteiger partial charge is 0.469 e. The number of amides is 2. The number of nitrogens with zero attached hydrogens (tertiary/aromatic N) is 5. The number of likely N-dealkylation sites (N-methyl/N-ethyl adjacent to an activating group) is 1. The highest BCUT2D eigenvalue weighted by Gasteiger charge is 2.35. The highest BCUT2D eigenvalue weighted by molar-refractivity contribution is 7.17. The van der Waals surface area contributed by atoms with E-state index in [9.17, 15) is 4.79 Å². The van der Waals surface area contributed by atoms with Gasteiger partial charge in [-0.15, -0.1) is 5.10 Å². The van der Waals surface area contributed by atoms with Crippen LogP contribution in [0.3, 0.4) is 0 Å². The molecule has 2 amide bonds. The molecule has 1 aromatic heterocycles. The number of amidine groups is 1. The van der Waals surface area contributed by atoms with E-state index in [-0.39, 0.29) is 6.03 Å². The number of hydrogen-bond donors (Lipinski definition) is 0. The Morgan fingerprint density at radius 1 is 1.42 bits per heavy atom. The molecule has 0 radical (unpaired) electrons. The van der Waals surface area contributed by atoms with Crippen molar-refractivity contribution in [1.29, 1.82) is 0 Å². The lowest BCUT2D eigenvalue weighted by Gasteiger charge is -2.11. The smallest absolute Gasteiger partial charge is 0.332 e. The number of aromatic nitrogens is 2. The Morgan fingerprint density at radius 3 is 2.89 bits per heavy atom. The first-order valence-corrected chi connectivity index (χ1v) is 7.03. The zero-order valence-electron chi connectivity index (χ0n) is 11.3. The van der Waals surface area contributed by atoms with E-state index in [1.807, 2.05) is 13.8 Å². The van der Waals surface area contributed by atoms with Gasteiger partial charge in [0.25, 0.3) is 5.19 Å². The van der Waals surface area contributed by atoms with Crippen molar-refractivity contribution < 1.29 is 9.53 Å². The molecular weight excluding hydrogens is 266 g/mol. The molecule has 104 valence electrons. The second kappa shape index (κ2) is 5.96. The van der Waals surface area contributed by atoms with Gasteiger partial charge < -0.3 is 9.64 Å². The van der Waals surface area contributed by atoms with E-state index in [2.05, 4.69) is 15.2 Å². The molecule has 8 heteroatoms. The molecule has 7 nitrogen and oxygen atoms in total. The van der Waals surface area contributed by atoms with E-state index in [0.717, 1.165) is 6.42 Å². The molecule has 19 heavy (non-hydrogen) atoms. The Balaban J connectivity index is 2.25. The Morgan fingerprint density at radius 2 is 2.21 bits per heavy atom. The molecule has 1 aliphatic heterocycles. The molecule has 0 N–H and O–H groups in total. The summed E-state index contributed by atoms with van der Waals surface area (Å²) in [5.74, 6) is 0.716. The van der Waals surface area contributed by atoms with E-state index in [1.54, 1.807) is 11.9 Å². The van der Waals surface area contributed by atoms with E-state index in [0.29, 0.717) is 35.9 Å². The predicted molar refractivity (Wildman–Crippen MR) is 74.2 cm³/mol. The second-order valence-corrected chi connectivity index (χ2v) is 4.97. The topological polar surface area (TPSA) is 70.9 Å². The first-order chi connectivity index (χ1) is 9.17. The van der Waals surface area contributed by atoms with Gasteiger partial charge in [0.2, 0.25) is 5.13 Å². The Kier molecular flexibility index (Phi) is 4.31. The summed E-state index contributed by atoms with van der Waals surface area (Å²) in [5, 5.41) is 8.88. The average molecular weight is 283 g/mol. The first-order valence-electron chi connectivity index (χ1n) is 6.22. The van der Waals surface area contributed by atoms with Crippen molar-refractivity contribution in [2.45, 2.75) is 20.3 Å². The van der Waals surface area contributed by atoms with Crippen LogP contribution in [0, 0.1) is 0 Å². The number of anilines is 1. The van der Waals surface area contributed by atoms with Crippen molar-refractivity contribution >= 4 is 28.3 Å².